The van der Waals surface area contributed by atoms with Crippen molar-refractivity contribution in [1.29, 1.82) is 0 Å². The fourth-order valence-corrected chi connectivity index (χ4v) is 3.11. The lowest BCUT2D eigenvalue weighted by Gasteiger charge is -2.30. The van der Waals surface area contributed by atoms with Crippen molar-refractivity contribution < 1.29 is 28.9 Å². The van der Waals surface area contributed by atoms with Gasteiger partial charge in [-0.15, -0.1) is 0 Å². The second kappa shape index (κ2) is 7.95. The molecular formula is C19H23NO6. The Labute approximate surface area is 152 Å². The van der Waals surface area contributed by atoms with Gasteiger partial charge in [-0.1, -0.05) is 12.1 Å². The van der Waals surface area contributed by atoms with Crippen molar-refractivity contribution in [2.24, 2.45) is 0 Å². The molecule has 2 rings (SSSR count). The van der Waals surface area contributed by atoms with Gasteiger partial charge in [0, 0.05) is 17.0 Å². The number of phenols is 1. The molecule has 2 N–H and O–H groups in total. The number of methoxy groups -OCH3 is 2. The first-order valence-electron chi connectivity index (χ1n) is 8.17. The molecule has 7 heteroatoms. The van der Waals surface area contributed by atoms with Crippen LogP contribution in [0, 0.1) is 0 Å². The monoisotopic (exact) mass is 361 g/mol. The van der Waals surface area contributed by atoms with Gasteiger partial charge in [0.1, 0.15) is 0 Å². The Bertz CT molecular complexity index is 755. The molecular weight excluding hydrogens is 338 g/mol. The Morgan fingerprint density at radius 3 is 2.08 bits per heavy atom. The summed E-state index contributed by atoms with van der Waals surface area (Å²) in [6, 6.07) is 4.95. The number of para-hydroxylation sites is 1. The normalized spacial score (nSPS) is 14.8. The summed E-state index contributed by atoms with van der Waals surface area (Å²) in [5.74, 6) is -1.92. The molecule has 0 atom stereocenters. The molecule has 1 heterocycles. The van der Waals surface area contributed by atoms with E-state index < -0.39 is 17.9 Å². The minimum Gasteiger partial charge on any atom is -0.504 e. The van der Waals surface area contributed by atoms with Gasteiger partial charge < -0.3 is 24.6 Å². The molecule has 0 fully saturated rings. The Morgan fingerprint density at radius 2 is 1.62 bits per heavy atom. The van der Waals surface area contributed by atoms with Crippen molar-refractivity contribution in [3.05, 3.63) is 46.3 Å². The van der Waals surface area contributed by atoms with Crippen molar-refractivity contribution >= 4 is 11.9 Å². The molecule has 1 aromatic rings. The van der Waals surface area contributed by atoms with E-state index in [2.05, 4.69) is 5.32 Å². The van der Waals surface area contributed by atoms with Gasteiger partial charge in [-0.05, 0) is 26.8 Å². The Morgan fingerprint density at radius 1 is 1.08 bits per heavy atom. The predicted molar refractivity (Wildman–Crippen MR) is 94.6 cm³/mol. The fraction of sp³-hybridized carbons (Fsp3) is 0.368. The fourth-order valence-electron chi connectivity index (χ4n) is 3.11. The van der Waals surface area contributed by atoms with Crippen molar-refractivity contribution in [2.45, 2.75) is 26.7 Å². The average molecular weight is 361 g/mol. The second-order valence-corrected chi connectivity index (χ2v) is 5.75. The minimum atomic E-state index is -0.850. The molecule has 0 saturated carbocycles. The summed E-state index contributed by atoms with van der Waals surface area (Å²) < 4.78 is 15.2. The summed E-state index contributed by atoms with van der Waals surface area (Å²) in [4.78, 5) is 24.9. The van der Waals surface area contributed by atoms with Crippen molar-refractivity contribution in [3.8, 4) is 11.5 Å². The molecule has 0 amide bonds. The van der Waals surface area contributed by atoms with E-state index in [1.54, 1.807) is 39.0 Å². The molecule has 0 radical (unpaired) electrons. The number of carbonyl (C=O) groups is 2. The van der Waals surface area contributed by atoms with Gasteiger partial charge in [0.2, 0.25) is 0 Å². The van der Waals surface area contributed by atoms with Crippen LogP contribution in [-0.4, -0.2) is 37.9 Å². The van der Waals surface area contributed by atoms with Crippen LogP contribution in [0.4, 0.5) is 0 Å². The number of phenolic OH excluding ortho intramolecular Hbond substituents is 1. The first kappa shape index (κ1) is 19.4. The van der Waals surface area contributed by atoms with Gasteiger partial charge in [-0.3, -0.25) is 0 Å². The molecule has 0 aromatic heterocycles. The number of esters is 2. The SMILES string of the molecule is CCOc1cccc(C2C(C(=O)OC)=C(C)NC(C)=C2C(=O)OC)c1O. The summed E-state index contributed by atoms with van der Waals surface area (Å²) in [5, 5.41) is 13.7. The number of aromatic hydroxyl groups is 1. The summed E-state index contributed by atoms with van der Waals surface area (Å²) in [6.07, 6.45) is 0. The topological polar surface area (TPSA) is 94.1 Å². The highest BCUT2D eigenvalue weighted by atomic mass is 16.5. The van der Waals surface area contributed by atoms with Gasteiger partial charge in [0.25, 0.3) is 0 Å². The number of dihydropyridines is 1. The predicted octanol–water partition coefficient (Wildman–Crippen LogP) is 2.37. The van der Waals surface area contributed by atoms with E-state index in [4.69, 9.17) is 14.2 Å². The molecule has 0 bridgehead atoms. The summed E-state index contributed by atoms with van der Waals surface area (Å²) >= 11 is 0. The van der Waals surface area contributed by atoms with Gasteiger partial charge in [-0.2, -0.15) is 0 Å². The van der Waals surface area contributed by atoms with Crippen LogP contribution < -0.4 is 10.1 Å². The van der Waals surface area contributed by atoms with E-state index >= 15 is 0 Å². The second-order valence-electron chi connectivity index (χ2n) is 5.75. The number of hydrogen-bond acceptors (Lipinski definition) is 7. The molecule has 1 aliphatic heterocycles. The molecule has 0 aliphatic carbocycles. The average Bonchev–Trinajstić information content (AvgIpc) is 2.62. The van der Waals surface area contributed by atoms with E-state index in [9.17, 15) is 14.7 Å². The third kappa shape index (κ3) is 3.37. The van der Waals surface area contributed by atoms with E-state index in [1.165, 1.54) is 14.2 Å². The zero-order chi connectivity index (χ0) is 19.4. The summed E-state index contributed by atoms with van der Waals surface area (Å²) in [5.41, 5.74) is 1.88. The maximum atomic E-state index is 12.4. The highest BCUT2D eigenvalue weighted by molar-refractivity contribution is 6.00. The van der Waals surface area contributed by atoms with Gasteiger partial charge in [0.05, 0.1) is 37.9 Å². The van der Waals surface area contributed by atoms with Crippen LogP contribution in [-0.2, 0) is 19.1 Å². The van der Waals surface area contributed by atoms with Crippen molar-refractivity contribution in [2.75, 3.05) is 20.8 Å². The number of ether oxygens (including phenoxy) is 3. The highest BCUT2D eigenvalue weighted by Gasteiger charge is 2.39. The van der Waals surface area contributed by atoms with Crippen LogP contribution in [0.3, 0.4) is 0 Å². The van der Waals surface area contributed by atoms with E-state index in [0.29, 0.717) is 23.6 Å². The van der Waals surface area contributed by atoms with Crippen molar-refractivity contribution in [1.82, 2.24) is 5.32 Å². The lowest BCUT2D eigenvalue weighted by Crippen LogP contribution is -2.32. The lowest BCUT2D eigenvalue weighted by molar-refractivity contribution is -0.137. The maximum Gasteiger partial charge on any atom is 0.336 e. The molecule has 1 aliphatic rings. The zero-order valence-corrected chi connectivity index (χ0v) is 15.5. The zero-order valence-electron chi connectivity index (χ0n) is 15.5. The van der Waals surface area contributed by atoms with Crippen LogP contribution >= 0.6 is 0 Å². The smallest absolute Gasteiger partial charge is 0.336 e. The van der Waals surface area contributed by atoms with E-state index in [0.717, 1.165) is 0 Å². The maximum absolute atomic E-state index is 12.4. The number of nitrogens with one attached hydrogen (secondary N) is 1. The molecule has 0 unspecified atom stereocenters. The third-order valence-corrected chi connectivity index (χ3v) is 4.21. The van der Waals surface area contributed by atoms with Crippen LogP contribution in [0.2, 0.25) is 0 Å². The third-order valence-electron chi connectivity index (χ3n) is 4.21. The Kier molecular flexibility index (Phi) is 5.92. The number of hydrogen-bond donors (Lipinski definition) is 2. The molecule has 7 nitrogen and oxygen atoms in total. The van der Waals surface area contributed by atoms with Crippen LogP contribution in [0.5, 0.6) is 11.5 Å². The number of allylic oxidation sites excluding steroid dienone is 2. The standard InChI is InChI=1S/C19H23NO6/c1-6-26-13-9-7-8-12(17(13)21)16-14(18(22)24-4)10(2)20-11(3)15(16)19(23)25-5/h7-9,16,20-21H,6H2,1-5H3. The minimum absolute atomic E-state index is 0.135. The Balaban J connectivity index is 2.75. The van der Waals surface area contributed by atoms with Gasteiger partial charge >= 0.3 is 11.9 Å². The summed E-state index contributed by atoms with van der Waals surface area (Å²) in [7, 11) is 2.53. The van der Waals surface area contributed by atoms with Crippen LogP contribution in [0.15, 0.2) is 40.7 Å². The first-order chi connectivity index (χ1) is 12.4. The summed E-state index contributed by atoms with van der Waals surface area (Å²) in [6.45, 7) is 5.58. The van der Waals surface area contributed by atoms with E-state index in [-0.39, 0.29) is 22.6 Å². The van der Waals surface area contributed by atoms with Gasteiger partial charge in [-0.25, -0.2) is 9.59 Å². The van der Waals surface area contributed by atoms with Crippen LogP contribution in [0.25, 0.3) is 0 Å². The molecule has 140 valence electrons. The number of carbonyl (C=O) groups excluding carboxylic acids is 2. The van der Waals surface area contributed by atoms with E-state index in [1.807, 2.05) is 0 Å². The molecule has 1 aromatic carbocycles. The quantitative estimate of drug-likeness (QED) is 0.778. The van der Waals surface area contributed by atoms with Crippen molar-refractivity contribution in [3.63, 3.8) is 0 Å². The Hall–Kier alpha value is -2.96. The highest BCUT2D eigenvalue weighted by Crippen LogP contribution is 2.45. The lowest BCUT2D eigenvalue weighted by atomic mass is 9.80. The van der Waals surface area contributed by atoms with Crippen LogP contribution in [0.1, 0.15) is 32.3 Å². The molecule has 0 spiro atoms. The molecule has 0 saturated heterocycles. The number of benzene rings is 1. The largest absolute Gasteiger partial charge is 0.504 e. The molecule has 26 heavy (non-hydrogen) atoms. The van der Waals surface area contributed by atoms with Gasteiger partial charge in [0.15, 0.2) is 11.5 Å². The number of rotatable bonds is 5. The first-order valence-corrected chi connectivity index (χ1v) is 8.17.